The summed E-state index contributed by atoms with van der Waals surface area (Å²) in [6.07, 6.45) is 0. The van der Waals surface area contributed by atoms with E-state index in [9.17, 15) is 23.2 Å². The molecule has 2 amide bonds. The van der Waals surface area contributed by atoms with Gasteiger partial charge >= 0.3 is 5.97 Å². The van der Waals surface area contributed by atoms with Crippen LogP contribution < -0.4 is 0 Å². The summed E-state index contributed by atoms with van der Waals surface area (Å²) in [6, 6.07) is 5.45. The van der Waals surface area contributed by atoms with Gasteiger partial charge < -0.3 is 14.9 Å². The highest BCUT2D eigenvalue weighted by molar-refractivity contribution is 5.96. The Balaban J connectivity index is 1.66. The minimum Gasteiger partial charge on any atom is -0.478 e. The van der Waals surface area contributed by atoms with Gasteiger partial charge in [0.2, 0.25) is 0 Å². The van der Waals surface area contributed by atoms with E-state index in [2.05, 4.69) is 4.98 Å². The van der Waals surface area contributed by atoms with E-state index in [1.54, 1.807) is 0 Å². The van der Waals surface area contributed by atoms with Gasteiger partial charge in [0.15, 0.2) is 0 Å². The SMILES string of the molecule is Cc1nc(C(=O)N2CCN(C(=O)c3ccc(F)cc3F)CC2)ccc1C(=O)O. The molecule has 1 saturated heterocycles. The average Bonchev–Trinajstić information content (AvgIpc) is 2.66. The first-order valence-electron chi connectivity index (χ1n) is 8.52. The number of nitrogens with zero attached hydrogens (tertiary/aromatic N) is 3. The van der Waals surface area contributed by atoms with Crippen LogP contribution in [0, 0.1) is 18.6 Å². The standard InChI is InChI=1S/C19H17F2N3O4/c1-11-13(19(27)28)4-5-16(22-11)18(26)24-8-6-23(7-9-24)17(25)14-3-2-12(20)10-15(14)21/h2-5,10H,6-9H2,1H3,(H,27,28). The number of benzene rings is 1. The van der Waals surface area contributed by atoms with Gasteiger partial charge in [-0.25, -0.2) is 18.6 Å². The van der Waals surface area contributed by atoms with E-state index in [1.165, 1.54) is 28.9 Å². The van der Waals surface area contributed by atoms with Crippen LogP contribution in [0.2, 0.25) is 0 Å². The summed E-state index contributed by atoms with van der Waals surface area (Å²) in [6.45, 7) is 2.32. The number of rotatable bonds is 3. The second-order valence-corrected chi connectivity index (χ2v) is 6.34. The number of hydrogen-bond donors (Lipinski definition) is 1. The summed E-state index contributed by atoms with van der Waals surface area (Å²) >= 11 is 0. The molecule has 1 aromatic heterocycles. The van der Waals surface area contributed by atoms with Gasteiger partial charge in [-0.05, 0) is 31.2 Å². The Kier molecular flexibility index (Phi) is 5.34. The molecule has 2 aromatic rings. The van der Waals surface area contributed by atoms with Crippen LogP contribution in [-0.2, 0) is 0 Å². The largest absolute Gasteiger partial charge is 0.478 e. The smallest absolute Gasteiger partial charge is 0.337 e. The maximum atomic E-state index is 13.8. The Hall–Kier alpha value is -3.36. The molecule has 3 rings (SSSR count). The van der Waals surface area contributed by atoms with Crippen molar-refractivity contribution in [2.24, 2.45) is 0 Å². The number of amides is 2. The minimum absolute atomic E-state index is 0.0216. The number of aryl methyl sites for hydroxylation is 1. The van der Waals surface area contributed by atoms with Crippen LogP contribution in [0.25, 0.3) is 0 Å². The van der Waals surface area contributed by atoms with Crippen molar-refractivity contribution >= 4 is 17.8 Å². The lowest BCUT2D eigenvalue weighted by Crippen LogP contribution is -2.50. The molecule has 1 N–H and O–H groups in total. The van der Waals surface area contributed by atoms with Gasteiger partial charge in [-0.3, -0.25) is 9.59 Å². The summed E-state index contributed by atoms with van der Waals surface area (Å²) in [5, 5.41) is 9.03. The normalized spacial score (nSPS) is 14.1. The predicted molar refractivity (Wildman–Crippen MR) is 94.1 cm³/mol. The average molecular weight is 389 g/mol. The molecule has 146 valence electrons. The zero-order valence-electron chi connectivity index (χ0n) is 15.0. The highest BCUT2D eigenvalue weighted by Crippen LogP contribution is 2.15. The highest BCUT2D eigenvalue weighted by Gasteiger charge is 2.27. The van der Waals surface area contributed by atoms with Gasteiger partial charge in [-0.2, -0.15) is 0 Å². The molecule has 0 saturated carbocycles. The molecule has 0 unspecified atom stereocenters. The molecule has 28 heavy (non-hydrogen) atoms. The van der Waals surface area contributed by atoms with Crippen molar-refractivity contribution < 1.29 is 28.3 Å². The maximum Gasteiger partial charge on any atom is 0.337 e. The molecular weight excluding hydrogens is 372 g/mol. The van der Waals surface area contributed by atoms with Crippen molar-refractivity contribution in [3.8, 4) is 0 Å². The third-order valence-corrected chi connectivity index (χ3v) is 4.55. The predicted octanol–water partition coefficient (Wildman–Crippen LogP) is 1.96. The molecule has 1 aliphatic heterocycles. The van der Waals surface area contributed by atoms with Crippen molar-refractivity contribution in [1.29, 1.82) is 0 Å². The molecule has 0 bridgehead atoms. The molecular formula is C19H17F2N3O4. The van der Waals surface area contributed by atoms with Crippen molar-refractivity contribution in [2.75, 3.05) is 26.2 Å². The number of carboxylic acids is 1. The van der Waals surface area contributed by atoms with Crippen LogP contribution in [-0.4, -0.2) is 63.9 Å². The lowest BCUT2D eigenvalue weighted by molar-refractivity contribution is 0.0529. The van der Waals surface area contributed by atoms with Gasteiger partial charge in [0.05, 0.1) is 16.8 Å². The zero-order chi connectivity index (χ0) is 20.4. The number of halogens is 2. The monoisotopic (exact) mass is 389 g/mol. The van der Waals surface area contributed by atoms with Crippen LogP contribution in [0.15, 0.2) is 30.3 Å². The molecule has 1 aromatic carbocycles. The Bertz CT molecular complexity index is 956. The summed E-state index contributed by atoms with van der Waals surface area (Å²) in [5.41, 5.74) is 0.154. The zero-order valence-corrected chi connectivity index (χ0v) is 15.0. The summed E-state index contributed by atoms with van der Waals surface area (Å²) in [7, 11) is 0. The quantitative estimate of drug-likeness (QED) is 0.867. The molecule has 1 fully saturated rings. The van der Waals surface area contributed by atoms with Gasteiger partial charge in [-0.15, -0.1) is 0 Å². The molecule has 0 spiro atoms. The number of carbonyl (C=O) groups excluding carboxylic acids is 2. The molecule has 0 aliphatic carbocycles. The Labute approximate surface area is 159 Å². The lowest BCUT2D eigenvalue weighted by Gasteiger charge is -2.34. The van der Waals surface area contributed by atoms with E-state index < -0.39 is 23.5 Å². The number of piperazine rings is 1. The van der Waals surface area contributed by atoms with E-state index in [-0.39, 0.29) is 54.6 Å². The number of pyridine rings is 1. The van der Waals surface area contributed by atoms with Gasteiger partial charge in [0.1, 0.15) is 17.3 Å². The van der Waals surface area contributed by atoms with E-state index >= 15 is 0 Å². The van der Waals surface area contributed by atoms with Crippen molar-refractivity contribution in [3.63, 3.8) is 0 Å². The number of hydrogen-bond acceptors (Lipinski definition) is 4. The molecule has 7 nitrogen and oxygen atoms in total. The van der Waals surface area contributed by atoms with Crippen LogP contribution >= 0.6 is 0 Å². The van der Waals surface area contributed by atoms with E-state index in [0.717, 1.165) is 12.1 Å². The third-order valence-electron chi connectivity index (χ3n) is 4.55. The maximum absolute atomic E-state index is 13.8. The fourth-order valence-electron chi connectivity index (χ4n) is 3.01. The Morgan fingerprint density at radius 3 is 2.04 bits per heavy atom. The first-order valence-corrected chi connectivity index (χ1v) is 8.52. The van der Waals surface area contributed by atoms with Crippen LogP contribution in [0.1, 0.15) is 36.9 Å². The molecule has 0 radical (unpaired) electrons. The van der Waals surface area contributed by atoms with Gasteiger partial charge in [0.25, 0.3) is 11.8 Å². The third kappa shape index (κ3) is 3.83. The van der Waals surface area contributed by atoms with Gasteiger partial charge in [-0.1, -0.05) is 0 Å². The van der Waals surface area contributed by atoms with Crippen LogP contribution in [0.4, 0.5) is 8.78 Å². The molecule has 1 aliphatic rings. The number of aromatic carboxylic acids is 1. The van der Waals surface area contributed by atoms with Crippen LogP contribution in [0.5, 0.6) is 0 Å². The fraction of sp³-hybridized carbons (Fsp3) is 0.263. The Morgan fingerprint density at radius 1 is 0.929 bits per heavy atom. The fourth-order valence-corrected chi connectivity index (χ4v) is 3.01. The highest BCUT2D eigenvalue weighted by atomic mass is 19.1. The number of carbonyl (C=O) groups is 3. The first kappa shape index (κ1) is 19.4. The van der Waals surface area contributed by atoms with Crippen LogP contribution in [0.3, 0.4) is 0 Å². The van der Waals surface area contributed by atoms with Crippen molar-refractivity contribution in [2.45, 2.75) is 6.92 Å². The van der Waals surface area contributed by atoms with E-state index in [0.29, 0.717) is 6.07 Å². The molecule has 2 heterocycles. The topological polar surface area (TPSA) is 90.8 Å². The first-order chi connectivity index (χ1) is 13.3. The second-order valence-electron chi connectivity index (χ2n) is 6.34. The minimum atomic E-state index is -1.12. The molecule has 9 heteroatoms. The Morgan fingerprint density at radius 2 is 1.50 bits per heavy atom. The second kappa shape index (κ2) is 7.71. The molecule has 0 atom stereocenters. The van der Waals surface area contributed by atoms with Crippen molar-refractivity contribution in [3.05, 3.63) is 64.5 Å². The van der Waals surface area contributed by atoms with Crippen molar-refractivity contribution in [1.82, 2.24) is 14.8 Å². The number of carboxylic acid groups (broad SMARTS) is 1. The lowest BCUT2D eigenvalue weighted by atomic mass is 10.1. The summed E-state index contributed by atoms with van der Waals surface area (Å²) < 4.78 is 26.8. The summed E-state index contributed by atoms with van der Waals surface area (Å²) in [5.74, 6) is -3.75. The van der Waals surface area contributed by atoms with E-state index in [4.69, 9.17) is 5.11 Å². The van der Waals surface area contributed by atoms with E-state index in [1.807, 2.05) is 0 Å². The van der Waals surface area contributed by atoms with Gasteiger partial charge in [0, 0.05) is 32.2 Å². The summed E-state index contributed by atoms with van der Waals surface area (Å²) in [4.78, 5) is 43.0. The number of aromatic nitrogens is 1.